The predicted molar refractivity (Wildman–Crippen MR) is 191 cm³/mol. The van der Waals surface area contributed by atoms with Gasteiger partial charge in [0.1, 0.15) is 6.33 Å². The van der Waals surface area contributed by atoms with E-state index in [2.05, 4.69) is 83.2 Å². The zero-order chi connectivity index (χ0) is 32.9. The van der Waals surface area contributed by atoms with Gasteiger partial charge in [0.2, 0.25) is 5.88 Å². The van der Waals surface area contributed by atoms with Gasteiger partial charge in [-0.15, -0.1) is 0 Å². The Morgan fingerprint density at radius 3 is 2.38 bits per heavy atom. The van der Waals surface area contributed by atoms with Crippen LogP contribution in [-0.4, -0.2) is 27.6 Å². The second-order valence-electron chi connectivity index (χ2n) is 13.9. The Labute approximate surface area is 280 Å². The normalized spacial score (nSPS) is 22.8. The zero-order valence-electron chi connectivity index (χ0n) is 28.6. The number of methoxy groups -OCH3 is 1. The molecule has 2 aromatic rings. The van der Waals surface area contributed by atoms with E-state index in [1.807, 2.05) is 12.5 Å². The third-order valence-corrected chi connectivity index (χ3v) is 10.6. The molecule has 0 aromatic carbocycles. The highest BCUT2D eigenvalue weighted by Crippen LogP contribution is 2.59. The number of fused-ring (bicyclic) bond motifs is 4. The minimum atomic E-state index is -0.269. The summed E-state index contributed by atoms with van der Waals surface area (Å²) in [5, 5.41) is 3.10. The molecule has 4 aliphatic rings. The van der Waals surface area contributed by atoms with Crippen LogP contribution in [-0.2, 0) is 0 Å². The molecule has 6 rings (SSSR count). The number of pyridine rings is 1. The van der Waals surface area contributed by atoms with Gasteiger partial charge in [0.25, 0.3) is 5.91 Å². The van der Waals surface area contributed by atoms with Crippen molar-refractivity contribution in [1.82, 2.24) is 19.9 Å². The Balaban J connectivity index is 1.21. The average molecular weight is 631 g/mol. The summed E-state index contributed by atoms with van der Waals surface area (Å²) in [6.45, 7) is 6.97. The summed E-state index contributed by atoms with van der Waals surface area (Å²) in [7, 11) is 1.67. The molecule has 1 amide bonds. The van der Waals surface area contributed by atoms with Gasteiger partial charge < -0.3 is 14.6 Å². The number of allylic oxidation sites excluding steroid dienone is 13. The molecule has 246 valence electrons. The lowest BCUT2D eigenvalue weighted by molar-refractivity contribution is 0.0966. The van der Waals surface area contributed by atoms with Crippen LogP contribution in [0.4, 0.5) is 0 Å². The third-order valence-electron chi connectivity index (χ3n) is 10.6. The minimum Gasteiger partial charge on any atom is -0.480 e. The molecule has 2 atom stereocenters. The van der Waals surface area contributed by atoms with E-state index in [4.69, 9.17) is 4.74 Å². The molecule has 6 nitrogen and oxygen atoms in total. The summed E-state index contributed by atoms with van der Waals surface area (Å²) in [4.78, 5) is 21.4. The van der Waals surface area contributed by atoms with Gasteiger partial charge in [-0.05, 0) is 78.3 Å². The molecule has 4 aliphatic carbocycles. The van der Waals surface area contributed by atoms with Gasteiger partial charge in [-0.1, -0.05) is 102 Å². The summed E-state index contributed by atoms with van der Waals surface area (Å²) in [6, 6.07) is 3.48. The van der Waals surface area contributed by atoms with Crippen LogP contribution in [0.3, 0.4) is 0 Å². The molecule has 0 radical (unpaired) electrons. The van der Waals surface area contributed by atoms with E-state index in [9.17, 15) is 4.79 Å². The number of amides is 1. The van der Waals surface area contributed by atoms with Gasteiger partial charge in [0, 0.05) is 34.8 Å². The Kier molecular flexibility index (Phi) is 9.95. The molecule has 0 unspecified atom stereocenters. The number of carbonyl (C=O) groups excluding carboxylic acids is 1. The number of aromatic nitrogens is 3. The Bertz CT molecular complexity index is 1700. The fraction of sp³-hybridized carbons (Fsp3) is 0.439. The van der Waals surface area contributed by atoms with Gasteiger partial charge in [0.05, 0.1) is 18.7 Å². The molecule has 2 heterocycles. The van der Waals surface area contributed by atoms with Gasteiger partial charge in [-0.2, -0.15) is 0 Å². The standard InChI is InChI=1S/C41H50N4O2/c1-5-6-7-8-9-10-11-12-13-14-15-31-26-36(45-28-37(47-4)43-29-45)41(3)23-19-35-34(38(31)41)17-16-32-27-33(18-22-40(32,35)2)44-39(46)30-20-24-42-25-21-30/h16-21,23-29H,5-15,22H2,1-4H3,(H,44,46)/t40-,41-/m1/s1. The molecule has 47 heavy (non-hydrogen) atoms. The number of imidazole rings is 1. The molecular weight excluding hydrogens is 580 g/mol. The molecular formula is C41H50N4O2. The molecule has 0 aliphatic heterocycles. The first-order valence-electron chi connectivity index (χ1n) is 17.7. The SMILES string of the molecule is CCCCCCCCCCCCC1=C2C3=C(C=C[C@]2(C)C(n2cnc(OC)c2)=C1)[C@]1(C)CC=C(NC(=O)c2ccncc2)C=C1C=C3. The van der Waals surface area contributed by atoms with Crippen LogP contribution in [0.15, 0.2) is 113 Å². The van der Waals surface area contributed by atoms with Crippen molar-refractivity contribution in [2.45, 2.75) is 97.8 Å². The lowest BCUT2D eigenvalue weighted by Crippen LogP contribution is -2.33. The predicted octanol–water partition coefficient (Wildman–Crippen LogP) is 9.84. The van der Waals surface area contributed by atoms with E-state index in [0.717, 1.165) is 18.5 Å². The molecule has 0 saturated heterocycles. The van der Waals surface area contributed by atoms with Crippen molar-refractivity contribution in [3.8, 4) is 5.88 Å². The molecule has 0 spiro atoms. The number of nitrogens with one attached hydrogen (secondary N) is 1. The fourth-order valence-corrected chi connectivity index (χ4v) is 7.77. The first-order valence-corrected chi connectivity index (χ1v) is 17.7. The van der Waals surface area contributed by atoms with Crippen molar-refractivity contribution < 1.29 is 9.53 Å². The molecule has 2 aromatic heterocycles. The quantitative estimate of drug-likeness (QED) is 0.199. The van der Waals surface area contributed by atoms with Gasteiger partial charge in [-0.25, -0.2) is 4.98 Å². The Morgan fingerprint density at radius 2 is 1.68 bits per heavy atom. The van der Waals surface area contributed by atoms with E-state index in [1.165, 1.54) is 97.8 Å². The van der Waals surface area contributed by atoms with Crippen molar-refractivity contribution in [3.63, 3.8) is 0 Å². The number of nitrogens with zero attached hydrogens (tertiary/aromatic N) is 3. The van der Waals surface area contributed by atoms with Crippen molar-refractivity contribution in [2.75, 3.05) is 7.11 Å². The van der Waals surface area contributed by atoms with Crippen LogP contribution >= 0.6 is 0 Å². The van der Waals surface area contributed by atoms with E-state index in [-0.39, 0.29) is 16.7 Å². The van der Waals surface area contributed by atoms with Gasteiger partial charge >= 0.3 is 0 Å². The maximum Gasteiger partial charge on any atom is 0.255 e. The number of carbonyl (C=O) groups is 1. The first kappa shape index (κ1) is 32.7. The summed E-state index contributed by atoms with van der Waals surface area (Å²) in [5.74, 6) is 0.508. The lowest BCUT2D eigenvalue weighted by atomic mass is 9.61. The third kappa shape index (κ3) is 6.65. The number of rotatable bonds is 15. The van der Waals surface area contributed by atoms with Crippen LogP contribution in [0.25, 0.3) is 5.70 Å². The fourth-order valence-electron chi connectivity index (χ4n) is 7.77. The number of hydrogen-bond acceptors (Lipinski definition) is 4. The maximum absolute atomic E-state index is 12.9. The minimum absolute atomic E-state index is 0.116. The topological polar surface area (TPSA) is 69.0 Å². The first-order chi connectivity index (χ1) is 22.9. The summed E-state index contributed by atoms with van der Waals surface area (Å²) < 4.78 is 7.59. The van der Waals surface area contributed by atoms with Crippen molar-refractivity contribution >= 4 is 11.6 Å². The highest BCUT2D eigenvalue weighted by molar-refractivity contribution is 5.95. The van der Waals surface area contributed by atoms with E-state index in [0.29, 0.717) is 11.4 Å². The molecule has 1 N–H and O–H groups in total. The summed E-state index contributed by atoms with van der Waals surface area (Å²) in [6.07, 6.45) is 38.5. The monoisotopic (exact) mass is 630 g/mol. The van der Waals surface area contributed by atoms with Crippen molar-refractivity contribution in [3.05, 3.63) is 119 Å². The largest absolute Gasteiger partial charge is 0.480 e. The summed E-state index contributed by atoms with van der Waals surface area (Å²) >= 11 is 0. The molecule has 6 heteroatoms. The number of unbranched alkanes of at least 4 members (excludes halogenated alkanes) is 9. The number of ether oxygens (including phenoxy) is 1. The smallest absolute Gasteiger partial charge is 0.255 e. The van der Waals surface area contributed by atoms with Crippen LogP contribution in [0, 0.1) is 10.8 Å². The van der Waals surface area contributed by atoms with E-state index < -0.39 is 0 Å². The molecule has 0 fully saturated rings. The lowest BCUT2D eigenvalue weighted by Gasteiger charge is -2.43. The van der Waals surface area contributed by atoms with Gasteiger partial charge in [-0.3, -0.25) is 9.78 Å². The van der Waals surface area contributed by atoms with Crippen LogP contribution < -0.4 is 10.1 Å². The Morgan fingerprint density at radius 1 is 0.957 bits per heavy atom. The van der Waals surface area contributed by atoms with Crippen LogP contribution in [0.1, 0.15) is 108 Å². The average Bonchev–Trinajstić information content (AvgIpc) is 3.68. The van der Waals surface area contributed by atoms with E-state index >= 15 is 0 Å². The van der Waals surface area contributed by atoms with Crippen LogP contribution in [0.5, 0.6) is 5.88 Å². The Hall–Kier alpha value is -4.19. The van der Waals surface area contributed by atoms with Gasteiger partial charge in [0.15, 0.2) is 0 Å². The highest BCUT2D eigenvalue weighted by Gasteiger charge is 2.46. The summed E-state index contributed by atoms with van der Waals surface area (Å²) in [5.41, 5.74) is 9.00. The zero-order valence-corrected chi connectivity index (χ0v) is 28.6. The molecule has 0 bridgehead atoms. The second-order valence-corrected chi connectivity index (χ2v) is 13.9. The van der Waals surface area contributed by atoms with Crippen molar-refractivity contribution in [1.29, 1.82) is 0 Å². The number of hydrogen-bond donors (Lipinski definition) is 1. The molecule has 0 saturated carbocycles. The van der Waals surface area contributed by atoms with E-state index in [1.54, 1.807) is 31.6 Å². The second kappa shape index (κ2) is 14.3. The van der Waals surface area contributed by atoms with Crippen molar-refractivity contribution in [2.24, 2.45) is 10.8 Å². The maximum atomic E-state index is 12.9. The van der Waals surface area contributed by atoms with Crippen LogP contribution in [0.2, 0.25) is 0 Å². The highest BCUT2D eigenvalue weighted by atomic mass is 16.5.